The maximum Gasteiger partial charge on any atom is 0.490 e. The van der Waals surface area contributed by atoms with Gasteiger partial charge in [-0.2, -0.15) is 13.2 Å². The van der Waals surface area contributed by atoms with E-state index in [1.165, 1.54) is 5.56 Å². The van der Waals surface area contributed by atoms with Crippen molar-refractivity contribution in [1.29, 1.82) is 0 Å². The smallest absolute Gasteiger partial charge is 0.475 e. The Labute approximate surface area is 182 Å². The number of amides is 2. The molecule has 2 saturated heterocycles. The SMILES string of the molecule is O=C(O)C(F)(F)F.O=C1CC(c2ccccc2)C2(CCN(C(=O)c3ccccn3)CC2)N1. The Hall–Kier alpha value is -3.43. The summed E-state index contributed by atoms with van der Waals surface area (Å²) in [6, 6.07) is 15.6. The molecule has 0 saturated carbocycles. The Balaban J connectivity index is 0.000000360. The third kappa shape index (κ3) is 5.24. The van der Waals surface area contributed by atoms with Gasteiger partial charge in [-0.15, -0.1) is 0 Å². The molecular formula is C22H22F3N3O4. The van der Waals surface area contributed by atoms with Crippen LogP contribution < -0.4 is 5.32 Å². The summed E-state index contributed by atoms with van der Waals surface area (Å²) in [5.74, 6) is -2.50. The molecule has 7 nitrogen and oxygen atoms in total. The monoisotopic (exact) mass is 449 g/mol. The van der Waals surface area contributed by atoms with Crippen molar-refractivity contribution in [2.45, 2.75) is 36.9 Å². The molecule has 2 aliphatic rings. The van der Waals surface area contributed by atoms with Crippen LogP contribution in [-0.4, -0.2) is 57.6 Å². The van der Waals surface area contributed by atoms with Crippen molar-refractivity contribution in [1.82, 2.24) is 15.2 Å². The minimum Gasteiger partial charge on any atom is -0.475 e. The topological polar surface area (TPSA) is 99.6 Å². The molecule has 0 radical (unpaired) electrons. The maximum absolute atomic E-state index is 12.6. The van der Waals surface area contributed by atoms with Crippen LogP contribution in [0.1, 0.15) is 41.2 Å². The van der Waals surface area contributed by atoms with Crippen LogP contribution in [0, 0.1) is 0 Å². The van der Waals surface area contributed by atoms with Crippen molar-refractivity contribution >= 4 is 17.8 Å². The largest absolute Gasteiger partial charge is 0.490 e. The number of pyridine rings is 1. The summed E-state index contributed by atoms with van der Waals surface area (Å²) in [7, 11) is 0. The Bertz CT molecular complexity index is 959. The van der Waals surface area contributed by atoms with Crippen LogP contribution in [0.4, 0.5) is 13.2 Å². The average molecular weight is 449 g/mol. The minimum absolute atomic E-state index is 0.0314. The second kappa shape index (κ2) is 9.37. The van der Waals surface area contributed by atoms with E-state index in [9.17, 15) is 22.8 Å². The molecule has 170 valence electrons. The molecule has 2 N–H and O–H groups in total. The number of rotatable bonds is 2. The van der Waals surface area contributed by atoms with Crippen LogP contribution in [0.5, 0.6) is 0 Å². The molecule has 4 rings (SSSR count). The van der Waals surface area contributed by atoms with Gasteiger partial charge in [0.05, 0.1) is 5.54 Å². The Morgan fingerprint density at radius 3 is 2.19 bits per heavy atom. The van der Waals surface area contributed by atoms with Gasteiger partial charge in [-0.3, -0.25) is 14.6 Å². The number of aliphatic carboxylic acids is 1. The minimum atomic E-state index is -5.08. The Morgan fingerprint density at radius 2 is 1.66 bits per heavy atom. The number of halogens is 3. The van der Waals surface area contributed by atoms with Gasteiger partial charge in [0.1, 0.15) is 5.69 Å². The van der Waals surface area contributed by atoms with Crippen molar-refractivity contribution in [3.05, 3.63) is 66.0 Å². The fourth-order valence-electron chi connectivity index (χ4n) is 4.15. The van der Waals surface area contributed by atoms with Crippen LogP contribution in [0.25, 0.3) is 0 Å². The molecule has 32 heavy (non-hydrogen) atoms. The number of carboxylic acid groups (broad SMARTS) is 1. The van der Waals surface area contributed by atoms with Crippen LogP contribution >= 0.6 is 0 Å². The predicted molar refractivity (Wildman–Crippen MR) is 108 cm³/mol. The third-order valence-electron chi connectivity index (χ3n) is 5.72. The number of carboxylic acids is 1. The highest BCUT2D eigenvalue weighted by atomic mass is 19.4. The Morgan fingerprint density at radius 1 is 1.06 bits per heavy atom. The number of alkyl halides is 3. The van der Waals surface area contributed by atoms with Gasteiger partial charge in [-0.1, -0.05) is 36.4 Å². The molecular weight excluding hydrogens is 427 g/mol. The number of hydrogen-bond acceptors (Lipinski definition) is 4. The fourth-order valence-corrected chi connectivity index (χ4v) is 4.15. The summed E-state index contributed by atoms with van der Waals surface area (Å²) in [5.41, 5.74) is 1.44. The van der Waals surface area contributed by atoms with Gasteiger partial charge < -0.3 is 15.3 Å². The summed E-state index contributed by atoms with van der Waals surface area (Å²) in [6.07, 6.45) is -1.37. The van der Waals surface area contributed by atoms with E-state index in [2.05, 4.69) is 22.4 Å². The van der Waals surface area contributed by atoms with Crippen molar-refractivity contribution in [2.75, 3.05) is 13.1 Å². The van der Waals surface area contributed by atoms with E-state index in [1.807, 2.05) is 29.2 Å². The summed E-state index contributed by atoms with van der Waals surface area (Å²) in [5, 5.41) is 10.3. The van der Waals surface area contributed by atoms with Gasteiger partial charge in [0.25, 0.3) is 5.91 Å². The Kier molecular flexibility index (Phi) is 6.81. The molecule has 0 aliphatic carbocycles. The molecule has 2 aliphatic heterocycles. The number of carbonyl (C=O) groups is 3. The van der Waals surface area contributed by atoms with Crippen molar-refractivity contribution in [2.24, 2.45) is 0 Å². The molecule has 1 atom stereocenters. The fraction of sp³-hybridized carbons (Fsp3) is 0.364. The van der Waals surface area contributed by atoms with E-state index in [1.54, 1.807) is 18.3 Å². The van der Waals surface area contributed by atoms with E-state index in [0.29, 0.717) is 25.2 Å². The summed E-state index contributed by atoms with van der Waals surface area (Å²) >= 11 is 0. The van der Waals surface area contributed by atoms with Crippen molar-refractivity contribution in [3.8, 4) is 0 Å². The number of carbonyl (C=O) groups excluding carboxylic acids is 2. The summed E-state index contributed by atoms with van der Waals surface area (Å²) in [6.45, 7) is 1.28. The summed E-state index contributed by atoms with van der Waals surface area (Å²) in [4.78, 5) is 39.6. The number of benzene rings is 1. The quantitative estimate of drug-likeness (QED) is 0.735. The van der Waals surface area contributed by atoms with Gasteiger partial charge in [0, 0.05) is 31.6 Å². The van der Waals surface area contributed by atoms with Crippen LogP contribution in [-0.2, 0) is 9.59 Å². The lowest BCUT2D eigenvalue weighted by atomic mass is 9.74. The predicted octanol–water partition coefficient (Wildman–Crippen LogP) is 2.99. The van der Waals surface area contributed by atoms with Crippen LogP contribution in [0.2, 0.25) is 0 Å². The van der Waals surface area contributed by atoms with E-state index < -0.39 is 12.1 Å². The molecule has 1 aromatic carbocycles. The molecule has 1 spiro atoms. The van der Waals surface area contributed by atoms with Gasteiger partial charge in [-0.05, 0) is 30.5 Å². The van der Waals surface area contributed by atoms with E-state index >= 15 is 0 Å². The lowest BCUT2D eigenvalue weighted by molar-refractivity contribution is -0.192. The highest BCUT2D eigenvalue weighted by Gasteiger charge is 2.49. The number of hydrogen-bond donors (Lipinski definition) is 2. The standard InChI is InChI=1S/C20H21N3O2.C2HF3O2/c24-18-14-16(15-6-2-1-3-7-15)20(22-18)9-12-23(13-10-20)19(25)17-8-4-5-11-21-17;3-2(4,5)1(6)7/h1-8,11,16H,9-10,12-14H2,(H,22,24);(H,6,7). The molecule has 3 heterocycles. The van der Waals surface area contributed by atoms with Gasteiger partial charge >= 0.3 is 12.1 Å². The number of aromatic nitrogens is 1. The van der Waals surface area contributed by atoms with E-state index in [4.69, 9.17) is 9.90 Å². The number of nitrogens with one attached hydrogen (secondary N) is 1. The lowest BCUT2D eigenvalue weighted by Crippen LogP contribution is -2.54. The van der Waals surface area contributed by atoms with Crippen molar-refractivity contribution < 1.29 is 32.7 Å². The first-order valence-corrected chi connectivity index (χ1v) is 9.99. The second-order valence-electron chi connectivity index (χ2n) is 7.68. The van der Waals surface area contributed by atoms with E-state index in [-0.39, 0.29) is 23.3 Å². The lowest BCUT2D eigenvalue weighted by Gasteiger charge is -2.42. The summed E-state index contributed by atoms with van der Waals surface area (Å²) < 4.78 is 31.7. The van der Waals surface area contributed by atoms with Crippen LogP contribution in [0.15, 0.2) is 54.7 Å². The molecule has 10 heteroatoms. The molecule has 2 amide bonds. The highest BCUT2D eigenvalue weighted by molar-refractivity contribution is 5.92. The van der Waals surface area contributed by atoms with Gasteiger partial charge in [0.15, 0.2) is 0 Å². The zero-order chi connectivity index (χ0) is 23.4. The molecule has 2 aromatic rings. The molecule has 0 bridgehead atoms. The van der Waals surface area contributed by atoms with Crippen LogP contribution in [0.3, 0.4) is 0 Å². The first-order valence-electron chi connectivity index (χ1n) is 9.99. The van der Waals surface area contributed by atoms with Gasteiger partial charge in [0.2, 0.25) is 5.91 Å². The highest BCUT2D eigenvalue weighted by Crippen LogP contribution is 2.43. The molecule has 1 aromatic heterocycles. The molecule has 1 unspecified atom stereocenters. The molecule has 2 fully saturated rings. The second-order valence-corrected chi connectivity index (χ2v) is 7.68. The average Bonchev–Trinajstić information content (AvgIpc) is 3.10. The third-order valence-corrected chi connectivity index (χ3v) is 5.72. The maximum atomic E-state index is 12.6. The zero-order valence-corrected chi connectivity index (χ0v) is 17.0. The first kappa shape index (κ1) is 23.2. The van der Waals surface area contributed by atoms with E-state index in [0.717, 1.165) is 12.8 Å². The zero-order valence-electron chi connectivity index (χ0n) is 17.0. The normalized spacial score (nSPS) is 19.7. The number of piperidine rings is 1. The number of nitrogens with zero attached hydrogens (tertiary/aromatic N) is 2. The van der Waals surface area contributed by atoms with Crippen molar-refractivity contribution in [3.63, 3.8) is 0 Å². The first-order chi connectivity index (χ1) is 15.1. The number of likely N-dealkylation sites (tertiary alicyclic amines) is 1. The van der Waals surface area contributed by atoms with Gasteiger partial charge in [-0.25, -0.2) is 4.79 Å².